The van der Waals surface area contributed by atoms with Crippen LogP contribution in [0, 0.1) is 0 Å². The van der Waals surface area contributed by atoms with Crippen LogP contribution in [0.3, 0.4) is 0 Å². The minimum absolute atomic E-state index is 0.0922. The summed E-state index contributed by atoms with van der Waals surface area (Å²) in [7, 11) is 0. The Morgan fingerprint density at radius 2 is 2.21 bits per heavy atom. The standard InChI is InChI=1S/C12H14F2N4O/c13-12(14)18-10(4-5-15-18)9-7-16-17(8-9)11-3-1-2-6-19-11/h4-5,7-8,11-12H,1-3,6H2. The number of nitrogens with zero attached hydrogens (tertiary/aromatic N) is 4. The first-order valence-corrected chi connectivity index (χ1v) is 6.23. The fraction of sp³-hybridized carbons (Fsp3) is 0.500. The van der Waals surface area contributed by atoms with Gasteiger partial charge in [-0.05, 0) is 25.3 Å². The number of hydrogen-bond donors (Lipinski definition) is 0. The maximum absolute atomic E-state index is 12.8. The van der Waals surface area contributed by atoms with Gasteiger partial charge in [0.15, 0.2) is 0 Å². The van der Waals surface area contributed by atoms with Gasteiger partial charge in [-0.15, -0.1) is 0 Å². The zero-order chi connectivity index (χ0) is 13.2. The van der Waals surface area contributed by atoms with Gasteiger partial charge in [0, 0.05) is 24.6 Å². The Morgan fingerprint density at radius 3 is 2.95 bits per heavy atom. The summed E-state index contributed by atoms with van der Waals surface area (Å²) in [6, 6.07) is 1.55. The monoisotopic (exact) mass is 268 g/mol. The maximum Gasteiger partial charge on any atom is 0.333 e. The second-order valence-corrected chi connectivity index (χ2v) is 4.47. The second-order valence-electron chi connectivity index (χ2n) is 4.47. The molecule has 102 valence electrons. The van der Waals surface area contributed by atoms with Gasteiger partial charge >= 0.3 is 6.55 Å². The van der Waals surface area contributed by atoms with E-state index in [1.165, 1.54) is 6.20 Å². The van der Waals surface area contributed by atoms with Gasteiger partial charge in [-0.2, -0.15) is 19.0 Å². The number of rotatable bonds is 3. The Morgan fingerprint density at radius 1 is 1.32 bits per heavy atom. The van der Waals surface area contributed by atoms with Crippen LogP contribution in [0.4, 0.5) is 8.78 Å². The predicted octanol–water partition coefficient (Wildman–Crippen LogP) is 2.84. The number of hydrogen-bond acceptors (Lipinski definition) is 3. The topological polar surface area (TPSA) is 44.9 Å². The molecule has 0 aromatic carbocycles. The molecule has 0 saturated carbocycles. The molecule has 0 amide bonds. The number of alkyl halides is 2. The van der Waals surface area contributed by atoms with Crippen molar-refractivity contribution in [2.45, 2.75) is 32.0 Å². The molecule has 1 aliphatic rings. The minimum Gasteiger partial charge on any atom is -0.357 e. The van der Waals surface area contributed by atoms with E-state index in [4.69, 9.17) is 4.74 Å². The molecule has 1 unspecified atom stereocenters. The quantitative estimate of drug-likeness (QED) is 0.859. The average Bonchev–Trinajstić information content (AvgIpc) is 3.08. The van der Waals surface area contributed by atoms with Crippen LogP contribution >= 0.6 is 0 Å². The van der Waals surface area contributed by atoms with Crippen molar-refractivity contribution in [3.05, 3.63) is 24.7 Å². The molecule has 2 aromatic rings. The molecule has 1 atom stereocenters. The predicted molar refractivity (Wildman–Crippen MR) is 63.5 cm³/mol. The lowest BCUT2D eigenvalue weighted by atomic mass is 10.2. The molecule has 0 aliphatic carbocycles. The van der Waals surface area contributed by atoms with Crippen molar-refractivity contribution in [1.29, 1.82) is 0 Å². The highest BCUT2D eigenvalue weighted by atomic mass is 19.3. The molecule has 2 aromatic heterocycles. The molecule has 1 aliphatic heterocycles. The lowest BCUT2D eigenvalue weighted by Gasteiger charge is -2.22. The summed E-state index contributed by atoms with van der Waals surface area (Å²) in [5.41, 5.74) is 0.976. The molecule has 0 N–H and O–H groups in total. The molecule has 0 spiro atoms. The van der Waals surface area contributed by atoms with Crippen LogP contribution in [-0.4, -0.2) is 26.2 Å². The minimum atomic E-state index is -2.65. The summed E-state index contributed by atoms with van der Waals surface area (Å²) in [4.78, 5) is 0. The van der Waals surface area contributed by atoms with Gasteiger partial charge in [-0.1, -0.05) is 0 Å². The van der Waals surface area contributed by atoms with Gasteiger partial charge in [-0.25, -0.2) is 9.36 Å². The van der Waals surface area contributed by atoms with Crippen molar-refractivity contribution in [2.75, 3.05) is 6.61 Å². The van der Waals surface area contributed by atoms with Crippen molar-refractivity contribution in [1.82, 2.24) is 19.6 Å². The normalized spacial score (nSPS) is 20.1. The third-order valence-electron chi connectivity index (χ3n) is 3.20. The number of halogens is 2. The Kier molecular flexibility index (Phi) is 3.29. The molecule has 3 heterocycles. The van der Waals surface area contributed by atoms with E-state index >= 15 is 0 Å². The van der Waals surface area contributed by atoms with Gasteiger partial charge < -0.3 is 4.74 Å². The third-order valence-corrected chi connectivity index (χ3v) is 3.20. The lowest BCUT2D eigenvalue weighted by Crippen LogP contribution is -2.18. The van der Waals surface area contributed by atoms with E-state index in [1.54, 1.807) is 23.1 Å². The van der Waals surface area contributed by atoms with Crippen molar-refractivity contribution < 1.29 is 13.5 Å². The van der Waals surface area contributed by atoms with Crippen LogP contribution in [0.5, 0.6) is 0 Å². The van der Waals surface area contributed by atoms with E-state index in [1.807, 2.05) is 0 Å². The van der Waals surface area contributed by atoms with Crippen LogP contribution in [0.2, 0.25) is 0 Å². The molecular formula is C12H14F2N4O. The Labute approximate surface area is 108 Å². The van der Waals surface area contributed by atoms with E-state index < -0.39 is 6.55 Å². The number of ether oxygens (including phenoxy) is 1. The Balaban J connectivity index is 1.86. The van der Waals surface area contributed by atoms with Gasteiger partial charge in [0.25, 0.3) is 0 Å². The summed E-state index contributed by atoms with van der Waals surface area (Å²) in [6.07, 6.45) is 7.60. The maximum atomic E-state index is 12.8. The fourth-order valence-corrected chi connectivity index (χ4v) is 2.26. The van der Waals surface area contributed by atoms with Crippen LogP contribution in [-0.2, 0) is 4.74 Å². The zero-order valence-corrected chi connectivity index (χ0v) is 10.2. The lowest BCUT2D eigenvalue weighted by molar-refractivity contribution is -0.0394. The first kappa shape index (κ1) is 12.3. The highest BCUT2D eigenvalue weighted by Gasteiger charge is 2.19. The Hall–Kier alpha value is -1.76. The van der Waals surface area contributed by atoms with Gasteiger partial charge in [0.2, 0.25) is 0 Å². The smallest absolute Gasteiger partial charge is 0.333 e. The second kappa shape index (κ2) is 5.08. The van der Waals surface area contributed by atoms with Crippen LogP contribution < -0.4 is 0 Å². The van der Waals surface area contributed by atoms with Crippen LogP contribution in [0.15, 0.2) is 24.7 Å². The highest BCUT2D eigenvalue weighted by molar-refractivity contribution is 5.57. The average molecular weight is 268 g/mol. The summed E-state index contributed by atoms with van der Waals surface area (Å²) in [6.45, 7) is -1.94. The van der Waals surface area contributed by atoms with Gasteiger partial charge in [0.05, 0.1) is 11.9 Å². The van der Waals surface area contributed by atoms with E-state index in [0.29, 0.717) is 15.9 Å². The fourth-order valence-electron chi connectivity index (χ4n) is 2.26. The molecule has 0 bridgehead atoms. The van der Waals surface area contributed by atoms with Crippen LogP contribution in [0.1, 0.15) is 32.0 Å². The van der Waals surface area contributed by atoms with Gasteiger partial charge in [-0.3, -0.25) is 0 Å². The van der Waals surface area contributed by atoms with Crippen molar-refractivity contribution in [3.8, 4) is 11.3 Å². The molecule has 1 fully saturated rings. The molecule has 5 nitrogen and oxygen atoms in total. The summed E-state index contributed by atoms with van der Waals surface area (Å²) in [5, 5.41) is 7.81. The van der Waals surface area contributed by atoms with Crippen molar-refractivity contribution in [3.63, 3.8) is 0 Å². The summed E-state index contributed by atoms with van der Waals surface area (Å²) >= 11 is 0. The molecule has 1 saturated heterocycles. The first-order chi connectivity index (χ1) is 9.25. The molecule has 0 radical (unpaired) electrons. The van der Waals surface area contributed by atoms with E-state index in [0.717, 1.165) is 25.9 Å². The van der Waals surface area contributed by atoms with Crippen LogP contribution in [0.25, 0.3) is 11.3 Å². The summed E-state index contributed by atoms with van der Waals surface area (Å²) < 4.78 is 33.5. The van der Waals surface area contributed by atoms with Crippen molar-refractivity contribution >= 4 is 0 Å². The van der Waals surface area contributed by atoms with E-state index in [2.05, 4.69) is 10.2 Å². The molecule has 19 heavy (non-hydrogen) atoms. The largest absolute Gasteiger partial charge is 0.357 e. The SMILES string of the molecule is FC(F)n1nccc1-c1cnn(C2CCCCO2)c1. The Bertz CT molecular complexity index is 545. The zero-order valence-electron chi connectivity index (χ0n) is 10.2. The highest BCUT2D eigenvalue weighted by Crippen LogP contribution is 2.26. The molecule has 3 rings (SSSR count). The molecular weight excluding hydrogens is 254 g/mol. The third kappa shape index (κ3) is 2.37. The van der Waals surface area contributed by atoms with E-state index in [-0.39, 0.29) is 6.23 Å². The molecule has 7 heteroatoms. The van der Waals surface area contributed by atoms with Crippen molar-refractivity contribution in [2.24, 2.45) is 0 Å². The van der Waals surface area contributed by atoms with Gasteiger partial charge in [0.1, 0.15) is 6.23 Å². The van der Waals surface area contributed by atoms with E-state index in [9.17, 15) is 8.78 Å². The summed E-state index contributed by atoms with van der Waals surface area (Å²) in [5.74, 6) is 0. The first-order valence-electron chi connectivity index (χ1n) is 6.23. The number of aromatic nitrogens is 4.